The van der Waals surface area contributed by atoms with Crippen molar-refractivity contribution >= 4 is 22.6 Å². The van der Waals surface area contributed by atoms with Crippen molar-refractivity contribution in [2.24, 2.45) is 0 Å². The zero-order chi connectivity index (χ0) is 18.4. The highest BCUT2D eigenvalue weighted by atomic mass is 35.5. The molecule has 138 valence electrons. The highest BCUT2D eigenvalue weighted by molar-refractivity contribution is 6.30. The molecule has 1 aliphatic heterocycles. The fourth-order valence-electron chi connectivity index (χ4n) is 4.21. The molecular formula is C22H20ClNO3. The number of aryl methyl sites for hydroxylation is 1. The molecule has 0 amide bonds. The fraction of sp³-hybridized carbons (Fsp3) is 0.318. The van der Waals surface area contributed by atoms with Crippen molar-refractivity contribution in [1.29, 1.82) is 0 Å². The van der Waals surface area contributed by atoms with Crippen LogP contribution >= 0.6 is 11.6 Å². The van der Waals surface area contributed by atoms with E-state index < -0.39 is 0 Å². The summed E-state index contributed by atoms with van der Waals surface area (Å²) >= 11 is 5.98. The molecule has 0 fully saturated rings. The van der Waals surface area contributed by atoms with Crippen LogP contribution in [-0.2, 0) is 25.9 Å². The maximum Gasteiger partial charge on any atom is 0.339 e. The lowest BCUT2D eigenvalue weighted by Crippen LogP contribution is -2.31. The number of hydrogen-bond donors (Lipinski definition) is 0. The number of nitrogens with zero attached hydrogens (tertiary/aromatic N) is 1. The highest BCUT2D eigenvalue weighted by Crippen LogP contribution is 2.35. The molecule has 0 unspecified atom stereocenters. The first-order chi connectivity index (χ1) is 13.2. The van der Waals surface area contributed by atoms with E-state index in [1.165, 1.54) is 11.1 Å². The number of ether oxygens (including phenoxy) is 1. The molecular weight excluding hydrogens is 362 g/mol. The second-order valence-corrected chi connectivity index (χ2v) is 7.80. The first-order valence-electron chi connectivity index (χ1n) is 9.39. The minimum atomic E-state index is -0.180. The van der Waals surface area contributed by atoms with Gasteiger partial charge in [0.2, 0.25) is 0 Å². The molecule has 3 aromatic rings. The van der Waals surface area contributed by atoms with Gasteiger partial charge in [-0.1, -0.05) is 23.7 Å². The maximum atomic E-state index is 12.5. The third kappa shape index (κ3) is 3.03. The number of halogens is 1. The SMILES string of the molecule is O=c1oc2c3c(ccc2c2c1CCCC2)OCN(Cc1ccc(Cl)cc1)C3. The van der Waals surface area contributed by atoms with E-state index in [-0.39, 0.29) is 5.63 Å². The van der Waals surface area contributed by atoms with Crippen LogP contribution < -0.4 is 10.4 Å². The third-order valence-electron chi connectivity index (χ3n) is 5.56. The monoisotopic (exact) mass is 381 g/mol. The lowest BCUT2D eigenvalue weighted by molar-refractivity contribution is 0.0889. The molecule has 0 spiro atoms. The van der Waals surface area contributed by atoms with E-state index in [1.807, 2.05) is 30.3 Å². The quantitative estimate of drug-likeness (QED) is 0.604. The number of benzene rings is 2. The summed E-state index contributed by atoms with van der Waals surface area (Å²) in [6, 6.07) is 11.9. The maximum absolute atomic E-state index is 12.5. The Morgan fingerprint density at radius 1 is 0.963 bits per heavy atom. The minimum Gasteiger partial charge on any atom is -0.478 e. The zero-order valence-corrected chi connectivity index (χ0v) is 15.7. The fourth-order valence-corrected chi connectivity index (χ4v) is 4.34. The Bertz CT molecular complexity index is 1070. The first-order valence-corrected chi connectivity index (χ1v) is 9.77. The van der Waals surface area contributed by atoms with Gasteiger partial charge in [-0.2, -0.15) is 0 Å². The van der Waals surface area contributed by atoms with Crippen LogP contribution in [0.5, 0.6) is 5.75 Å². The molecule has 0 atom stereocenters. The summed E-state index contributed by atoms with van der Waals surface area (Å²) in [5, 5.41) is 1.80. The Balaban J connectivity index is 1.54. The van der Waals surface area contributed by atoms with E-state index in [9.17, 15) is 4.79 Å². The molecule has 2 heterocycles. The smallest absolute Gasteiger partial charge is 0.339 e. The number of hydrogen-bond acceptors (Lipinski definition) is 4. The van der Waals surface area contributed by atoms with Crippen LogP contribution in [0.3, 0.4) is 0 Å². The second-order valence-electron chi connectivity index (χ2n) is 7.36. The molecule has 0 bridgehead atoms. The Morgan fingerprint density at radius 3 is 2.56 bits per heavy atom. The molecule has 2 aromatic carbocycles. The molecule has 27 heavy (non-hydrogen) atoms. The molecule has 0 saturated heterocycles. The van der Waals surface area contributed by atoms with Crippen LogP contribution in [-0.4, -0.2) is 11.6 Å². The van der Waals surface area contributed by atoms with Crippen LogP contribution in [0.25, 0.3) is 11.0 Å². The molecule has 5 rings (SSSR count). The van der Waals surface area contributed by atoms with E-state index in [2.05, 4.69) is 11.0 Å². The van der Waals surface area contributed by atoms with E-state index in [0.29, 0.717) is 18.9 Å². The summed E-state index contributed by atoms with van der Waals surface area (Å²) in [4.78, 5) is 14.7. The zero-order valence-electron chi connectivity index (χ0n) is 15.0. The van der Waals surface area contributed by atoms with Crippen LogP contribution in [0.1, 0.15) is 35.1 Å². The van der Waals surface area contributed by atoms with Crippen molar-refractivity contribution in [2.45, 2.75) is 38.8 Å². The molecule has 1 aromatic heterocycles. The van der Waals surface area contributed by atoms with Gasteiger partial charge in [0.15, 0.2) is 0 Å². The van der Waals surface area contributed by atoms with Crippen molar-refractivity contribution in [1.82, 2.24) is 4.90 Å². The standard InChI is InChI=1S/C22H20ClNO3/c23-15-7-5-14(6-8-15)11-24-12-19-20(26-13-24)10-9-17-16-3-1-2-4-18(16)22(25)27-21(17)19/h5-10H,1-4,11-13H2. The van der Waals surface area contributed by atoms with Gasteiger partial charge in [0.25, 0.3) is 0 Å². The van der Waals surface area contributed by atoms with Gasteiger partial charge in [-0.15, -0.1) is 0 Å². The summed E-state index contributed by atoms with van der Waals surface area (Å²) in [7, 11) is 0. The average molecular weight is 382 g/mol. The number of rotatable bonds is 2. The Kier molecular flexibility index (Phi) is 4.18. The van der Waals surface area contributed by atoms with Crippen molar-refractivity contribution in [3.8, 4) is 5.75 Å². The van der Waals surface area contributed by atoms with Crippen LogP contribution in [0.15, 0.2) is 45.6 Å². The van der Waals surface area contributed by atoms with E-state index in [0.717, 1.165) is 59.5 Å². The third-order valence-corrected chi connectivity index (χ3v) is 5.81. The Labute approximate surface area is 162 Å². The van der Waals surface area contributed by atoms with Gasteiger partial charge in [0, 0.05) is 29.1 Å². The minimum absolute atomic E-state index is 0.180. The molecule has 5 heteroatoms. The van der Waals surface area contributed by atoms with Crippen LogP contribution in [0.4, 0.5) is 0 Å². The van der Waals surface area contributed by atoms with Gasteiger partial charge in [-0.25, -0.2) is 4.79 Å². The van der Waals surface area contributed by atoms with E-state index in [4.69, 9.17) is 20.8 Å². The van der Waals surface area contributed by atoms with Crippen molar-refractivity contribution < 1.29 is 9.15 Å². The summed E-state index contributed by atoms with van der Waals surface area (Å²) in [5.41, 5.74) is 4.69. The normalized spacial score (nSPS) is 16.6. The summed E-state index contributed by atoms with van der Waals surface area (Å²) < 4.78 is 11.8. The van der Waals surface area contributed by atoms with Gasteiger partial charge >= 0.3 is 5.63 Å². The summed E-state index contributed by atoms with van der Waals surface area (Å²) in [5.74, 6) is 0.814. The van der Waals surface area contributed by atoms with Crippen molar-refractivity contribution in [2.75, 3.05) is 6.73 Å². The van der Waals surface area contributed by atoms with Gasteiger partial charge in [-0.3, -0.25) is 4.90 Å². The molecule has 0 N–H and O–H groups in total. The summed E-state index contributed by atoms with van der Waals surface area (Å²) in [6.07, 6.45) is 3.96. The van der Waals surface area contributed by atoms with Gasteiger partial charge in [0.05, 0.1) is 5.56 Å². The van der Waals surface area contributed by atoms with E-state index in [1.54, 1.807) is 0 Å². The van der Waals surface area contributed by atoms with Crippen LogP contribution in [0, 0.1) is 0 Å². The number of fused-ring (bicyclic) bond motifs is 5. The predicted octanol–water partition coefficient (Wildman–Crippen LogP) is 4.68. The largest absolute Gasteiger partial charge is 0.478 e. The highest BCUT2D eigenvalue weighted by Gasteiger charge is 2.25. The molecule has 2 aliphatic rings. The van der Waals surface area contributed by atoms with Crippen molar-refractivity contribution in [3.63, 3.8) is 0 Å². The molecule has 1 aliphatic carbocycles. The average Bonchev–Trinajstić information content (AvgIpc) is 2.70. The molecule has 4 nitrogen and oxygen atoms in total. The topological polar surface area (TPSA) is 42.7 Å². The van der Waals surface area contributed by atoms with Crippen LogP contribution in [0.2, 0.25) is 5.02 Å². The first kappa shape index (κ1) is 16.8. The predicted molar refractivity (Wildman–Crippen MR) is 105 cm³/mol. The lowest BCUT2D eigenvalue weighted by atomic mass is 9.90. The Hall–Kier alpha value is -2.30. The van der Waals surface area contributed by atoms with Gasteiger partial charge < -0.3 is 9.15 Å². The molecule has 0 saturated carbocycles. The summed E-state index contributed by atoms with van der Waals surface area (Å²) in [6.45, 7) is 1.95. The molecule has 0 radical (unpaired) electrons. The van der Waals surface area contributed by atoms with Crippen molar-refractivity contribution in [3.05, 3.63) is 74.1 Å². The Morgan fingerprint density at radius 2 is 1.74 bits per heavy atom. The van der Waals surface area contributed by atoms with Gasteiger partial charge in [0.1, 0.15) is 18.1 Å². The second kappa shape index (κ2) is 6.70. The van der Waals surface area contributed by atoms with E-state index >= 15 is 0 Å². The lowest BCUT2D eigenvalue weighted by Gasteiger charge is -2.29. The van der Waals surface area contributed by atoms with Gasteiger partial charge in [-0.05, 0) is 61.1 Å².